The van der Waals surface area contributed by atoms with E-state index in [0.29, 0.717) is 0 Å². The lowest BCUT2D eigenvalue weighted by molar-refractivity contribution is 0.283. The molecule has 3 N–H and O–H groups in total. The summed E-state index contributed by atoms with van der Waals surface area (Å²) in [5, 5.41) is 14.8. The van der Waals surface area contributed by atoms with E-state index in [4.69, 9.17) is 5.11 Å². The number of aliphatic hydroxyl groups excluding tert-OH is 1. The van der Waals surface area contributed by atoms with Crippen LogP contribution in [0.4, 0.5) is 11.6 Å². The Morgan fingerprint density at radius 2 is 2.00 bits per heavy atom. The molecule has 1 heterocycles. The minimum Gasteiger partial charge on any atom is -0.396 e. The number of anilines is 2. The summed E-state index contributed by atoms with van der Waals surface area (Å²) in [6.07, 6.45) is 4.47. The van der Waals surface area contributed by atoms with Crippen molar-refractivity contribution in [3.63, 3.8) is 0 Å². The first-order chi connectivity index (χ1) is 7.36. The summed E-state index contributed by atoms with van der Waals surface area (Å²) < 4.78 is 0. The summed E-state index contributed by atoms with van der Waals surface area (Å²) in [6.45, 7) is 1.15. The lowest BCUT2D eigenvalue weighted by Gasteiger charge is -2.05. The Morgan fingerprint density at radius 3 is 2.73 bits per heavy atom. The van der Waals surface area contributed by atoms with Crippen LogP contribution in [-0.4, -0.2) is 35.3 Å². The van der Waals surface area contributed by atoms with Crippen LogP contribution < -0.4 is 10.6 Å². The lowest BCUT2D eigenvalue weighted by atomic mass is 10.2. The number of hydrogen-bond donors (Lipinski definition) is 3. The van der Waals surface area contributed by atoms with Gasteiger partial charge >= 0.3 is 0 Å². The molecule has 0 aliphatic carbocycles. The van der Waals surface area contributed by atoms with Gasteiger partial charge in [0.25, 0.3) is 0 Å². The van der Waals surface area contributed by atoms with Gasteiger partial charge in [0.2, 0.25) is 0 Å². The van der Waals surface area contributed by atoms with Crippen molar-refractivity contribution < 1.29 is 5.11 Å². The zero-order chi connectivity index (χ0) is 10.9. The third kappa shape index (κ3) is 4.60. The number of nitrogens with zero attached hydrogens (tertiary/aromatic N) is 2. The number of aromatic nitrogens is 2. The van der Waals surface area contributed by atoms with Gasteiger partial charge in [-0.05, 0) is 19.3 Å². The number of aliphatic hydroxyl groups is 1. The molecule has 0 saturated heterocycles. The predicted octanol–water partition coefficient (Wildman–Crippen LogP) is 1.09. The average Bonchev–Trinajstić information content (AvgIpc) is 2.29. The van der Waals surface area contributed by atoms with Crippen LogP contribution in [0.1, 0.15) is 19.3 Å². The predicted molar refractivity (Wildman–Crippen MR) is 61.0 cm³/mol. The van der Waals surface area contributed by atoms with Crippen LogP contribution in [0, 0.1) is 0 Å². The fourth-order valence-corrected chi connectivity index (χ4v) is 1.22. The molecule has 0 aliphatic heterocycles. The first kappa shape index (κ1) is 11.7. The summed E-state index contributed by atoms with van der Waals surface area (Å²) in [6, 6.07) is 1.87. The maximum absolute atomic E-state index is 8.60. The van der Waals surface area contributed by atoms with Gasteiger partial charge in [-0.2, -0.15) is 0 Å². The molecule has 0 fully saturated rings. The molecular formula is C10H18N4O. The number of rotatable bonds is 7. The molecule has 0 aromatic carbocycles. The largest absolute Gasteiger partial charge is 0.396 e. The van der Waals surface area contributed by atoms with Gasteiger partial charge in [0.1, 0.15) is 18.0 Å². The molecule has 0 aliphatic rings. The number of nitrogens with one attached hydrogen (secondary N) is 2. The van der Waals surface area contributed by atoms with Crippen LogP contribution in [-0.2, 0) is 0 Å². The van der Waals surface area contributed by atoms with Crippen molar-refractivity contribution in [2.45, 2.75) is 19.3 Å². The van der Waals surface area contributed by atoms with Crippen molar-refractivity contribution in [2.75, 3.05) is 30.8 Å². The third-order valence-corrected chi connectivity index (χ3v) is 2.06. The molecule has 0 spiro atoms. The van der Waals surface area contributed by atoms with Gasteiger partial charge in [0.15, 0.2) is 0 Å². The van der Waals surface area contributed by atoms with Crippen molar-refractivity contribution >= 4 is 11.6 Å². The van der Waals surface area contributed by atoms with E-state index in [1.54, 1.807) is 0 Å². The maximum atomic E-state index is 8.60. The van der Waals surface area contributed by atoms with E-state index in [-0.39, 0.29) is 6.61 Å². The van der Waals surface area contributed by atoms with Crippen LogP contribution in [0.25, 0.3) is 0 Å². The molecule has 0 saturated carbocycles. The van der Waals surface area contributed by atoms with Gasteiger partial charge < -0.3 is 15.7 Å². The minimum absolute atomic E-state index is 0.275. The second kappa shape index (κ2) is 7.00. The topological polar surface area (TPSA) is 70.1 Å². The van der Waals surface area contributed by atoms with Crippen LogP contribution >= 0.6 is 0 Å². The zero-order valence-electron chi connectivity index (χ0n) is 9.03. The fourth-order valence-electron chi connectivity index (χ4n) is 1.22. The first-order valence-electron chi connectivity index (χ1n) is 5.21. The van der Waals surface area contributed by atoms with E-state index < -0.39 is 0 Å². The van der Waals surface area contributed by atoms with E-state index in [2.05, 4.69) is 20.6 Å². The van der Waals surface area contributed by atoms with Gasteiger partial charge in [0, 0.05) is 26.3 Å². The Morgan fingerprint density at radius 1 is 1.20 bits per heavy atom. The normalized spacial score (nSPS) is 10.0. The van der Waals surface area contributed by atoms with Gasteiger partial charge in [-0.3, -0.25) is 0 Å². The Hall–Kier alpha value is -1.36. The van der Waals surface area contributed by atoms with Crippen molar-refractivity contribution in [1.29, 1.82) is 0 Å². The van der Waals surface area contributed by atoms with Gasteiger partial charge in [-0.25, -0.2) is 9.97 Å². The van der Waals surface area contributed by atoms with Crippen molar-refractivity contribution in [2.24, 2.45) is 0 Å². The molecule has 5 nitrogen and oxygen atoms in total. The second-order valence-electron chi connectivity index (χ2n) is 3.25. The quantitative estimate of drug-likeness (QED) is 0.588. The maximum Gasteiger partial charge on any atom is 0.131 e. The molecule has 5 heteroatoms. The van der Waals surface area contributed by atoms with E-state index in [1.165, 1.54) is 6.33 Å². The van der Waals surface area contributed by atoms with Gasteiger partial charge in [0.05, 0.1) is 0 Å². The van der Waals surface area contributed by atoms with Crippen molar-refractivity contribution in [3.8, 4) is 0 Å². The summed E-state index contributed by atoms with van der Waals surface area (Å²) in [5.74, 6) is 1.64. The monoisotopic (exact) mass is 210 g/mol. The van der Waals surface area contributed by atoms with Crippen LogP contribution in [0.2, 0.25) is 0 Å². The molecule has 0 unspecified atom stereocenters. The van der Waals surface area contributed by atoms with E-state index in [0.717, 1.165) is 37.4 Å². The highest BCUT2D eigenvalue weighted by Crippen LogP contribution is 2.07. The molecular weight excluding hydrogens is 192 g/mol. The zero-order valence-corrected chi connectivity index (χ0v) is 9.03. The van der Waals surface area contributed by atoms with Crippen molar-refractivity contribution in [1.82, 2.24) is 9.97 Å². The van der Waals surface area contributed by atoms with Crippen molar-refractivity contribution in [3.05, 3.63) is 12.4 Å². The van der Waals surface area contributed by atoms with E-state index >= 15 is 0 Å². The summed E-state index contributed by atoms with van der Waals surface area (Å²) in [4.78, 5) is 8.11. The Bertz CT molecular complexity index is 280. The van der Waals surface area contributed by atoms with Crippen LogP contribution in [0.3, 0.4) is 0 Å². The fraction of sp³-hybridized carbons (Fsp3) is 0.600. The molecule has 1 aromatic heterocycles. The molecule has 84 valence electrons. The highest BCUT2D eigenvalue weighted by atomic mass is 16.2. The SMILES string of the molecule is CNc1cc(NCCCCCO)ncn1. The highest BCUT2D eigenvalue weighted by Gasteiger charge is 1.95. The Kier molecular flexibility index (Phi) is 5.47. The molecule has 1 rings (SSSR count). The Labute approximate surface area is 90.0 Å². The van der Waals surface area contributed by atoms with Crippen LogP contribution in [0.15, 0.2) is 12.4 Å². The standard InChI is InChI=1S/C10H18N4O/c1-11-9-7-10(14-8-13-9)12-5-3-2-4-6-15/h7-8,15H,2-6H2,1H3,(H2,11,12,13,14). The Balaban J connectivity index is 2.24. The molecule has 15 heavy (non-hydrogen) atoms. The molecule has 0 atom stereocenters. The first-order valence-corrected chi connectivity index (χ1v) is 5.21. The second-order valence-corrected chi connectivity index (χ2v) is 3.25. The molecule has 0 bridgehead atoms. The third-order valence-electron chi connectivity index (χ3n) is 2.06. The molecule has 0 radical (unpaired) electrons. The molecule has 1 aromatic rings. The summed E-state index contributed by atoms with van der Waals surface area (Å²) >= 11 is 0. The minimum atomic E-state index is 0.275. The lowest BCUT2D eigenvalue weighted by Crippen LogP contribution is -2.04. The van der Waals surface area contributed by atoms with Gasteiger partial charge in [-0.15, -0.1) is 0 Å². The van der Waals surface area contributed by atoms with E-state index in [1.807, 2.05) is 13.1 Å². The summed E-state index contributed by atoms with van der Waals surface area (Å²) in [7, 11) is 1.83. The smallest absolute Gasteiger partial charge is 0.131 e. The van der Waals surface area contributed by atoms with Crippen LogP contribution in [0.5, 0.6) is 0 Å². The van der Waals surface area contributed by atoms with Gasteiger partial charge in [-0.1, -0.05) is 0 Å². The molecule has 0 amide bonds. The average molecular weight is 210 g/mol. The number of unbranched alkanes of at least 4 members (excludes halogenated alkanes) is 2. The van der Waals surface area contributed by atoms with E-state index in [9.17, 15) is 0 Å². The summed E-state index contributed by atoms with van der Waals surface area (Å²) in [5.41, 5.74) is 0. The number of hydrogen-bond acceptors (Lipinski definition) is 5. The highest BCUT2D eigenvalue weighted by molar-refractivity contribution is 5.45.